The zero-order valence-corrected chi connectivity index (χ0v) is 16.0. The molecule has 0 heterocycles. The minimum absolute atomic E-state index is 0.0521. The molecule has 9 heteroatoms. The predicted molar refractivity (Wildman–Crippen MR) is 92.4 cm³/mol. The van der Waals surface area contributed by atoms with Gasteiger partial charge < -0.3 is 29.5 Å². The first-order chi connectivity index (χ1) is 12.8. The van der Waals surface area contributed by atoms with Crippen molar-refractivity contribution in [2.45, 2.75) is 95.9 Å². The molecule has 0 amide bonds. The molecule has 1 rings (SSSR count). The van der Waals surface area contributed by atoms with Crippen LogP contribution in [-0.4, -0.2) is 69.9 Å². The summed E-state index contributed by atoms with van der Waals surface area (Å²) in [5.41, 5.74) is 0. The molecule has 1 saturated carbocycles. The Bertz CT molecular complexity index is 473. The highest BCUT2D eigenvalue weighted by atomic mass is 16.6. The minimum Gasteiger partial charge on any atom is -0.455 e. The first kappa shape index (κ1) is 23.3. The maximum absolute atomic E-state index is 12.0. The van der Waals surface area contributed by atoms with Gasteiger partial charge in [-0.25, -0.2) is 0 Å². The Morgan fingerprint density at radius 1 is 0.593 bits per heavy atom. The smallest absolute Gasteiger partial charge is 0.306 e. The van der Waals surface area contributed by atoms with Gasteiger partial charge in [-0.15, -0.1) is 0 Å². The van der Waals surface area contributed by atoms with Crippen LogP contribution in [0.2, 0.25) is 0 Å². The lowest BCUT2D eigenvalue weighted by atomic mass is 9.84. The van der Waals surface area contributed by atoms with Gasteiger partial charge in [0, 0.05) is 19.3 Å². The van der Waals surface area contributed by atoms with E-state index in [1.807, 2.05) is 0 Å². The van der Waals surface area contributed by atoms with Crippen molar-refractivity contribution in [2.24, 2.45) is 0 Å². The molecule has 9 nitrogen and oxygen atoms in total. The van der Waals surface area contributed by atoms with Crippen LogP contribution in [0.1, 0.15) is 59.3 Å². The molecular weight excluding hydrogens is 360 g/mol. The van der Waals surface area contributed by atoms with E-state index in [0.717, 1.165) is 0 Å². The monoisotopic (exact) mass is 390 g/mol. The lowest BCUT2D eigenvalue weighted by Gasteiger charge is -2.44. The van der Waals surface area contributed by atoms with Crippen LogP contribution in [0.5, 0.6) is 0 Å². The molecule has 2 unspecified atom stereocenters. The van der Waals surface area contributed by atoms with E-state index >= 15 is 0 Å². The quantitative estimate of drug-likeness (QED) is 0.372. The Kier molecular flexibility index (Phi) is 9.68. The molecule has 0 aromatic carbocycles. The first-order valence-corrected chi connectivity index (χ1v) is 9.39. The normalized spacial score (nSPS) is 30.4. The average Bonchev–Trinajstić information content (AvgIpc) is 2.60. The predicted octanol–water partition coefficient (Wildman–Crippen LogP) is 0.218. The highest BCUT2D eigenvalue weighted by Crippen LogP contribution is 2.29. The molecular formula is C18H30O9. The summed E-state index contributed by atoms with van der Waals surface area (Å²) in [5.74, 6) is -1.99. The van der Waals surface area contributed by atoms with Gasteiger partial charge >= 0.3 is 17.9 Å². The van der Waals surface area contributed by atoms with E-state index in [1.165, 1.54) is 0 Å². The maximum Gasteiger partial charge on any atom is 0.306 e. The fourth-order valence-corrected chi connectivity index (χ4v) is 2.82. The third kappa shape index (κ3) is 6.44. The SMILES string of the molecule is CCCC(=O)OC1[C@@H](OC(=O)CCC)[C@H](O)C(O)[C@H](O)[C@@H]1OC(=O)CCC. The average molecular weight is 390 g/mol. The van der Waals surface area contributed by atoms with Crippen LogP contribution in [0.3, 0.4) is 0 Å². The van der Waals surface area contributed by atoms with Gasteiger partial charge in [0.1, 0.15) is 18.3 Å². The summed E-state index contributed by atoms with van der Waals surface area (Å²) in [6, 6.07) is 0. The van der Waals surface area contributed by atoms with Gasteiger partial charge in [-0.3, -0.25) is 14.4 Å². The Morgan fingerprint density at radius 2 is 0.889 bits per heavy atom. The summed E-state index contributed by atoms with van der Waals surface area (Å²) in [6.07, 6.45) is -7.91. The molecule has 1 fully saturated rings. The summed E-state index contributed by atoms with van der Waals surface area (Å²) in [5, 5.41) is 30.7. The van der Waals surface area contributed by atoms with Crippen molar-refractivity contribution in [1.29, 1.82) is 0 Å². The maximum atomic E-state index is 12.0. The summed E-state index contributed by atoms with van der Waals surface area (Å²) < 4.78 is 15.7. The second-order valence-corrected chi connectivity index (χ2v) is 6.59. The fraction of sp³-hybridized carbons (Fsp3) is 0.833. The third-order valence-corrected chi connectivity index (χ3v) is 4.19. The van der Waals surface area contributed by atoms with Crippen molar-refractivity contribution in [2.75, 3.05) is 0 Å². The van der Waals surface area contributed by atoms with Crippen molar-refractivity contribution in [3.63, 3.8) is 0 Å². The number of aliphatic hydroxyl groups is 3. The second-order valence-electron chi connectivity index (χ2n) is 6.59. The molecule has 6 atom stereocenters. The molecule has 27 heavy (non-hydrogen) atoms. The Balaban J connectivity index is 3.14. The van der Waals surface area contributed by atoms with Crippen molar-refractivity contribution >= 4 is 17.9 Å². The number of hydrogen-bond donors (Lipinski definition) is 3. The van der Waals surface area contributed by atoms with Gasteiger partial charge in [-0.1, -0.05) is 20.8 Å². The molecule has 156 valence electrons. The molecule has 0 radical (unpaired) electrons. The van der Waals surface area contributed by atoms with Gasteiger partial charge in [-0.05, 0) is 19.3 Å². The zero-order chi connectivity index (χ0) is 20.6. The number of carbonyl (C=O) groups excluding carboxylic acids is 3. The molecule has 1 aliphatic carbocycles. The number of aliphatic hydroxyl groups excluding tert-OH is 3. The van der Waals surface area contributed by atoms with E-state index in [-0.39, 0.29) is 19.3 Å². The van der Waals surface area contributed by atoms with Crippen LogP contribution in [0.4, 0.5) is 0 Å². The second kappa shape index (κ2) is 11.2. The lowest BCUT2D eigenvalue weighted by molar-refractivity contribution is -0.248. The molecule has 0 aliphatic heterocycles. The summed E-state index contributed by atoms with van der Waals surface area (Å²) in [4.78, 5) is 35.8. The van der Waals surface area contributed by atoms with Gasteiger partial charge in [0.05, 0.1) is 0 Å². The van der Waals surface area contributed by atoms with E-state index < -0.39 is 54.5 Å². The van der Waals surface area contributed by atoms with Crippen molar-refractivity contribution in [1.82, 2.24) is 0 Å². The van der Waals surface area contributed by atoms with E-state index in [9.17, 15) is 29.7 Å². The van der Waals surface area contributed by atoms with E-state index in [1.54, 1.807) is 20.8 Å². The van der Waals surface area contributed by atoms with Crippen LogP contribution in [0.25, 0.3) is 0 Å². The molecule has 0 aromatic rings. The van der Waals surface area contributed by atoms with Crippen molar-refractivity contribution in [3.05, 3.63) is 0 Å². The topological polar surface area (TPSA) is 140 Å². The van der Waals surface area contributed by atoms with Crippen LogP contribution >= 0.6 is 0 Å². The largest absolute Gasteiger partial charge is 0.455 e. The molecule has 0 spiro atoms. The Hall–Kier alpha value is -1.71. The molecule has 1 aliphatic rings. The zero-order valence-electron chi connectivity index (χ0n) is 16.0. The van der Waals surface area contributed by atoms with E-state index in [2.05, 4.69) is 0 Å². The molecule has 0 bridgehead atoms. The number of esters is 3. The van der Waals surface area contributed by atoms with E-state index in [0.29, 0.717) is 19.3 Å². The van der Waals surface area contributed by atoms with Gasteiger partial charge in [0.15, 0.2) is 18.3 Å². The highest BCUT2D eigenvalue weighted by Gasteiger charge is 2.55. The number of carbonyl (C=O) groups is 3. The van der Waals surface area contributed by atoms with Gasteiger partial charge in [-0.2, -0.15) is 0 Å². The van der Waals surface area contributed by atoms with Crippen molar-refractivity contribution in [3.8, 4) is 0 Å². The van der Waals surface area contributed by atoms with Crippen LogP contribution in [-0.2, 0) is 28.6 Å². The fourth-order valence-electron chi connectivity index (χ4n) is 2.82. The van der Waals surface area contributed by atoms with E-state index in [4.69, 9.17) is 14.2 Å². The summed E-state index contributed by atoms with van der Waals surface area (Å²) in [6.45, 7) is 5.27. The molecule has 0 aromatic heterocycles. The Morgan fingerprint density at radius 3 is 1.19 bits per heavy atom. The highest BCUT2D eigenvalue weighted by molar-refractivity contribution is 5.71. The third-order valence-electron chi connectivity index (χ3n) is 4.19. The standard InChI is InChI=1S/C18H30O9/c1-4-7-10(19)25-16-14(23)13(22)15(24)17(26-11(20)8-5-2)18(16)27-12(21)9-6-3/h13-18,22-24H,4-9H2,1-3H3/t13?,14-,15+,16-,17-,18?/m0/s1. The number of ether oxygens (including phenoxy) is 3. The van der Waals surface area contributed by atoms with Crippen molar-refractivity contribution < 1.29 is 43.9 Å². The minimum atomic E-state index is -1.75. The lowest BCUT2D eigenvalue weighted by Crippen LogP contribution is -2.66. The molecule has 3 N–H and O–H groups in total. The summed E-state index contributed by atoms with van der Waals surface area (Å²) >= 11 is 0. The number of hydrogen-bond acceptors (Lipinski definition) is 9. The Labute approximate surface area is 158 Å². The number of rotatable bonds is 9. The van der Waals surface area contributed by atoms with Crippen LogP contribution < -0.4 is 0 Å². The van der Waals surface area contributed by atoms with Crippen LogP contribution in [0, 0.1) is 0 Å². The summed E-state index contributed by atoms with van der Waals surface area (Å²) in [7, 11) is 0. The van der Waals surface area contributed by atoms with Crippen LogP contribution in [0.15, 0.2) is 0 Å². The first-order valence-electron chi connectivity index (χ1n) is 9.39. The molecule has 0 saturated heterocycles. The van der Waals surface area contributed by atoms with Gasteiger partial charge in [0.25, 0.3) is 0 Å². The van der Waals surface area contributed by atoms with Gasteiger partial charge in [0.2, 0.25) is 0 Å².